The zero-order chi connectivity index (χ0) is 7.84. The van der Waals surface area contributed by atoms with Gasteiger partial charge >= 0.3 is 0 Å². The van der Waals surface area contributed by atoms with Gasteiger partial charge in [0, 0.05) is 19.0 Å². The highest BCUT2D eigenvalue weighted by molar-refractivity contribution is 5.81. The SMILES string of the molecule is C[C@H]1C[C@@H]1C(=O)N1CCCC1. The van der Waals surface area contributed by atoms with Crippen molar-refractivity contribution in [2.24, 2.45) is 11.8 Å². The smallest absolute Gasteiger partial charge is 0.225 e. The first-order chi connectivity index (χ1) is 5.29. The third kappa shape index (κ3) is 1.26. The van der Waals surface area contributed by atoms with Gasteiger partial charge in [-0.3, -0.25) is 4.79 Å². The van der Waals surface area contributed by atoms with E-state index < -0.39 is 0 Å². The Hall–Kier alpha value is -0.530. The van der Waals surface area contributed by atoms with Crippen LogP contribution in [0.4, 0.5) is 0 Å². The topological polar surface area (TPSA) is 20.3 Å². The molecule has 62 valence electrons. The molecule has 1 saturated heterocycles. The van der Waals surface area contributed by atoms with Gasteiger partial charge in [0.2, 0.25) is 5.91 Å². The zero-order valence-corrected chi connectivity index (χ0v) is 7.05. The molecule has 1 aliphatic heterocycles. The minimum atomic E-state index is 0.396. The molecule has 0 spiro atoms. The average Bonchev–Trinajstić information content (AvgIpc) is 2.56. The van der Waals surface area contributed by atoms with Crippen LogP contribution in [0, 0.1) is 11.8 Å². The van der Waals surface area contributed by atoms with E-state index in [0.29, 0.717) is 17.7 Å². The van der Waals surface area contributed by atoms with E-state index in [-0.39, 0.29) is 0 Å². The highest BCUT2D eigenvalue weighted by Gasteiger charge is 2.41. The maximum absolute atomic E-state index is 11.5. The quantitative estimate of drug-likeness (QED) is 0.555. The number of nitrogens with zero attached hydrogens (tertiary/aromatic N) is 1. The molecule has 2 fully saturated rings. The second kappa shape index (κ2) is 2.50. The monoisotopic (exact) mass is 153 g/mol. The van der Waals surface area contributed by atoms with Crippen LogP contribution >= 0.6 is 0 Å². The number of carbonyl (C=O) groups is 1. The number of amides is 1. The van der Waals surface area contributed by atoms with Crippen molar-refractivity contribution in [3.05, 3.63) is 0 Å². The van der Waals surface area contributed by atoms with Gasteiger partial charge in [0.25, 0.3) is 0 Å². The predicted molar refractivity (Wildman–Crippen MR) is 43.1 cm³/mol. The van der Waals surface area contributed by atoms with Gasteiger partial charge in [-0.1, -0.05) is 6.92 Å². The largest absolute Gasteiger partial charge is 0.342 e. The minimum absolute atomic E-state index is 0.396. The number of hydrogen-bond donors (Lipinski definition) is 0. The predicted octanol–water partition coefficient (Wildman–Crippen LogP) is 1.26. The van der Waals surface area contributed by atoms with Gasteiger partial charge < -0.3 is 4.90 Å². The van der Waals surface area contributed by atoms with Crippen LogP contribution in [0.2, 0.25) is 0 Å². The van der Waals surface area contributed by atoms with Gasteiger partial charge in [0.1, 0.15) is 0 Å². The molecule has 11 heavy (non-hydrogen) atoms. The Bertz CT molecular complexity index is 172. The maximum atomic E-state index is 11.5. The first kappa shape index (κ1) is 7.14. The van der Waals surface area contributed by atoms with Crippen LogP contribution in [-0.2, 0) is 4.79 Å². The summed E-state index contributed by atoms with van der Waals surface area (Å²) in [6.45, 7) is 4.20. The second-order valence-corrected chi connectivity index (χ2v) is 3.85. The summed E-state index contributed by atoms with van der Waals surface area (Å²) in [6.07, 6.45) is 3.56. The molecule has 1 amide bonds. The molecule has 0 radical (unpaired) electrons. The van der Waals surface area contributed by atoms with Gasteiger partial charge in [-0.05, 0) is 25.2 Å². The fraction of sp³-hybridized carbons (Fsp3) is 0.889. The summed E-state index contributed by atoms with van der Waals surface area (Å²) in [5, 5.41) is 0. The lowest BCUT2D eigenvalue weighted by molar-refractivity contribution is -0.131. The van der Waals surface area contributed by atoms with Crippen LogP contribution in [-0.4, -0.2) is 23.9 Å². The van der Waals surface area contributed by atoms with E-state index in [2.05, 4.69) is 6.92 Å². The number of likely N-dealkylation sites (tertiary alicyclic amines) is 1. The molecule has 2 nitrogen and oxygen atoms in total. The molecule has 0 bridgehead atoms. The molecular weight excluding hydrogens is 138 g/mol. The van der Waals surface area contributed by atoms with Gasteiger partial charge in [-0.2, -0.15) is 0 Å². The zero-order valence-electron chi connectivity index (χ0n) is 7.05. The molecule has 1 heterocycles. The standard InChI is InChI=1S/C9H15NO/c1-7-6-8(7)9(11)10-4-2-3-5-10/h7-8H,2-6H2,1H3/t7-,8-/m0/s1. The Morgan fingerprint density at radius 1 is 1.36 bits per heavy atom. The second-order valence-electron chi connectivity index (χ2n) is 3.85. The first-order valence-corrected chi connectivity index (χ1v) is 4.58. The molecule has 1 aliphatic carbocycles. The van der Waals surface area contributed by atoms with Crippen molar-refractivity contribution < 1.29 is 4.79 Å². The Labute approximate surface area is 67.6 Å². The molecule has 2 aliphatic rings. The third-order valence-corrected chi connectivity index (χ3v) is 2.84. The molecule has 0 aromatic carbocycles. The Balaban J connectivity index is 1.89. The molecular formula is C9H15NO. The van der Waals surface area contributed by atoms with E-state index in [0.717, 1.165) is 19.5 Å². The summed E-state index contributed by atoms with van der Waals surface area (Å²) in [7, 11) is 0. The highest BCUT2D eigenvalue weighted by Crippen LogP contribution is 2.39. The van der Waals surface area contributed by atoms with Gasteiger partial charge in [0.05, 0.1) is 0 Å². The number of carbonyl (C=O) groups excluding carboxylic acids is 1. The van der Waals surface area contributed by atoms with E-state index in [4.69, 9.17) is 0 Å². The van der Waals surface area contributed by atoms with Crippen molar-refractivity contribution in [2.45, 2.75) is 26.2 Å². The van der Waals surface area contributed by atoms with Crippen molar-refractivity contribution >= 4 is 5.91 Å². The van der Waals surface area contributed by atoms with Crippen molar-refractivity contribution in [1.29, 1.82) is 0 Å². The highest BCUT2D eigenvalue weighted by atomic mass is 16.2. The lowest BCUT2D eigenvalue weighted by Gasteiger charge is -2.14. The Kier molecular flexibility index (Phi) is 1.63. The number of rotatable bonds is 1. The van der Waals surface area contributed by atoms with E-state index in [9.17, 15) is 4.79 Å². The van der Waals surface area contributed by atoms with E-state index >= 15 is 0 Å². The van der Waals surface area contributed by atoms with Crippen molar-refractivity contribution in [3.63, 3.8) is 0 Å². The number of hydrogen-bond acceptors (Lipinski definition) is 1. The van der Waals surface area contributed by atoms with Crippen LogP contribution in [0.5, 0.6) is 0 Å². The normalized spacial score (nSPS) is 35.9. The molecule has 2 atom stereocenters. The summed E-state index contributed by atoms with van der Waals surface area (Å²) < 4.78 is 0. The summed E-state index contributed by atoms with van der Waals surface area (Å²) in [6, 6.07) is 0. The summed E-state index contributed by atoms with van der Waals surface area (Å²) in [5.41, 5.74) is 0. The van der Waals surface area contributed by atoms with E-state index in [1.807, 2.05) is 4.90 Å². The molecule has 1 saturated carbocycles. The van der Waals surface area contributed by atoms with Gasteiger partial charge in [-0.15, -0.1) is 0 Å². The first-order valence-electron chi connectivity index (χ1n) is 4.58. The van der Waals surface area contributed by atoms with E-state index in [1.165, 1.54) is 12.8 Å². The Morgan fingerprint density at radius 3 is 2.36 bits per heavy atom. The summed E-state index contributed by atoms with van der Waals surface area (Å²) in [4.78, 5) is 13.6. The maximum Gasteiger partial charge on any atom is 0.225 e. The van der Waals surface area contributed by atoms with Crippen LogP contribution in [0.1, 0.15) is 26.2 Å². The molecule has 0 N–H and O–H groups in total. The lowest BCUT2D eigenvalue weighted by Crippen LogP contribution is -2.29. The third-order valence-electron chi connectivity index (χ3n) is 2.84. The fourth-order valence-electron chi connectivity index (χ4n) is 1.84. The summed E-state index contributed by atoms with van der Waals surface area (Å²) in [5.74, 6) is 1.49. The van der Waals surface area contributed by atoms with Crippen molar-refractivity contribution in [3.8, 4) is 0 Å². The summed E-state index contributed by atoms with van der Waals surface area (Å²) >= 11 is 0. The average molecular weight is 153 g/mol. The molecule has 2 heteroatoms. The Morgan fingerprint density at radius 2 is 1.91 bits per heavy atom. The van der Waals surface area contributed by atoms with Crippen LogP contribution in [0.25, 0.3) is 0 Å². The van der Waals surface area contributed by atoms with Gasteiger partial charge in [0.15, 0.2) is 0 Å². The molecule has 2 rings (SSSR count). The lowest BCUT2D eigenvalue weighted by atomic mass is 10.3. The molecule has 0 unspecified atom stereocenters. The van der Waals surface area contributed by atoms with E-state index in [1.54, 1.807) is 0 Å². The van der Waals surface area contributed by atoms with Crippen LogP contribution in [0.3, 0.4) is 0 Å². The fourth-order valence-corrected chi connectivity index (χ4v) is 1.84. The van der Waals surface area contributed by atoms with Crippen LogP contribution in [0.15, 0.2) is 0 Å². The van der Waals surface area contributed by atoms with Gasteiger partial charge in [-0.25, -0.2) is 0 Å². The van der Waals surface area contributed by atoms with Crippen LogP contribution < -0.4 is 0 Å². The van der Waals surface area contributed by atoms with Crippen molar-refractivity contribution in [2.75, 3.05) is 13.1 Å². The molecule has 0 aromatic heterocycles. The minimum Gasteiger partial charge on any atom is -0.342 e. The molecule has 0 aromatic rings. The van der Waals surface area contributed by atoms with Crippen molar-refractivity contribution in [1.82, 2.24) is 4.90 Å².